The SMILES string of the molecule is CCCNC(=O)COC(=O)[C@@H]1CCCN1C(=O)C12CC3CC(CC(C3)C1)C2. The Kier molecular flexibility index (Phi) is 5.17. The predicted molar refractivity (Wildman–Crippen MR) is 99.6 cm³/mol. The van der Waals surface area contributed by atoms with E-state index in [9.17, 15) is 14.4 Å². The second-order valence-electron chi connectivity index (χ2n) is 9.31. The van der Waals surface area contributed by atoms with Crippen LogP contribution in [0.1, 0.15) is 64.7 Å². The number of likely N-dealkylation sites (tertiary alicyclic amines) is 1. The summed E-state index contributed by atoms with van der Waals surface area (Å²) < 4.78 is 5.24. The normalized spacial score (nSPS) is 36.7. The van der Waals surface area contributed by atoms with Crippen LogP contribution in [-0.4, -0.2) is 48.4 Å². The maximum absolute atomic E-state index is 13.5. The molecule has 5 rings (SSSR count). The van der Waals surface area contributed by atoms with Crippen LogP contribution in [0.4, 0.5) is 0 Å². The summed E-state index contributed by atoms with van der Waals surface area (Å²) in [5.41, 5.74) is -0.226. The van der Waals surface area contributed by atoms with Crippen molar-refractivity contribution in [1.82, 2.24) is 10.2 Å². The Balaban J connectivity index is 1.39. The molecule has 1 atom stereocenters. The minimum atomic E-state index is -0.510. The molecule has 6 heteroatoms. The number of hydrogen-bond acceptors (Lipinski definition) is 4. The van der Waals surface area contributed by atoms with Gasteiger partial charge in [-0.05, 0) is 75.5 Å². The number of amides is 2. The molecular formula is C21H32N2O4. The lowest BCUT2D eigenvalue weighted by molar-refractivity contribution is -0.166. The van der Waals surface area contributed by atoms with E-state index < -0.39 is 12.0 Å². The third kappa shape index (κ3) is 3.59. The highest BCUT2D eigenvalue weighted by atomic mass is 16.5. The maximum atomic E-state index is 13.5. The summed E-state index contributed by atoms with van der Waals surface area (Å²) in [5.74, 6) is 1.61. The Bertz CT molecular complexity index is 582. The van der Waals surface area contributed by atoms with Gasteiger partial charge in [0.15, 0.2) is 6.61 Å². The van der Waals surface area contributed by atoms with Gasteiger partial charge in [-0.15, -0.1) is 0 Å². The van der Waals surface area contributed by atoms with Crippen LogP contribution in [0.25, 0.3) is 0 Å². The van der Waals surface area contributed by atoms with Crippen LogP contribution in [-0.2, 0) is 19.1 Å². The van der Waals surface area contributed by atoms with Crippen molar-refractivity contribution >= 4 is 17.8 Å². The van der Waals surface area contributed by atoms with Crippen molar-refractivity contribution in [2.24, 2.45) is 23.2 Å². The fourth-order valence-corrected chi connectivity index (χ4v) is 6.48. The third-order valence-corrected chi connectivity index (χ3v) is 7.20. The van der Waals surface area contributed by atoms with Crippen LogP contribution in [0.2, 0.25) is 0 Å². The molecule has 1 saturated heterocycles. The summed E-state index contributed by atoms with van der Waals surface area (Å²) >= 11 is 0. The molecule has 6 nitrogen and oxygen atoms in total. The van der Waals surface area contributed by atoms with Crippen molar-refractivity contribution in [3.05, 3.63) is 0 Å². The molecule has 4 saturated carbocycles. The lowest BCUT2D eigenvalue weighted by Gasteiger charge is -2.56. The molecule has 1 N–H and O–H groups in total. The van der Waals surface area contributed by atoms with Crippen LogP contribution < -0.4 is 5.32 Å². The molecule has 4 bridgehead atoms. The van der Waals surface area contributed by atoms with E-state index in [1.54, 1.807) is 4.90 Å². The minimum Gasteiger partial charge on any atom is -0.454 e. The molecular weight excluding hydrogens is 344 g/mol. The van der Waals surface area contributed by atoms with Crippen molar-refractivity contribution in [1.29, 1.82) is 0 Å². The van der Waals surface area contributed by atoms with E-state index in [1.807, 2.05) is 6.92 Å². The number of rotatable bonds is 6. The molecule has 0 aromatic carbocycles. The van der Waals surface area contributed by atoms with Gasteiger partial charge in [0.2, 0.25) is 5.91 Å². The van der Waals surface area contributed by atoms with Gasteiger partial charge >= 0.3 is 5.97 Å². The quantitative estimate of drug-likeness (QED) is 0.722. The van der Waals surface area contributed by atoms with Gasteiger partial charge in [0, 0.05) is 13.1 Å². The van der Waals surface area contributed by atoms with Crippen molar-refractivity contribution in [2.75, 3.05) is 19.7 Å². The first-order chi connectivity index (χ1) is 13.0. The Hall–Kier alpha value is -1.59. The molecule has 1 heterocycles. The third-order valence-electron chi connectivity index (χ3n) is 7.20. The molecule has 4 aliphatic carbocycles. The van der Waals surface area contributed by atoms with Crippen molar-refractivity contribution < 1.29 is 19.1 Å². The van der Waals surface area contributed by atoms with Crippen LogP contribution in [0.3, 0.4) is 0 Å². The predicted octanol–water partition coefficient (Wildman–Crippen LogP) is 2.26. The van der Waals surface area contributed by atoms with Gasteiger partial charge in [-0.1, -0.05) is 6.92 Å². The highest BCUT2D eigenvalue weighted by Crippen LogP contribution is 2.60. The van der Waals surface area contributed by atoms with E-state index in [4.69, 9.17) is 4.74 Å². The fourth-order valence-electron chi connectivity index (χ4n) is 6.48. The van der Waals surface area contributed by atoms with Gasteiger partial charge in [0.1, 0.15) is 6.04 Å². The second-order valence-corrected chi connectivity index (χ2v) is 9.31. The van der Waals surface area contributed by atoms with Crippen LogP contribution in [0.15, 0.2) is 0 Å². The highest BCUT2D eigenvalue weighted by molar-refractivity contribution is 5.90. The summed E-state index contributed by atoms with van der Waals surface area (Å²) in [4.78, 5) is 39.6. The molecule has 5 fully saturated rings. The summed E-state index contributed by atoms with van der Waals surface area (Å²) in [6.45, 7) is 2.94. The number of nitrogens with one attached hydrogen (secondary N) is 1. The zero-order valence-electron chi connectivity index (χ0n) is 16.4. The number of carbonyl (C=O) groups is 3. The monoisotopic (exact) mass is 376 g/mol. The molecule has 150 valence electrons. The standard InChI is InChI=1S/C21H32N2O4/c1-2-5-22-18(24)13-27-19(25)17-4-3-6-23(17)20(26)21-10-14-7-15(11-21)9-16(8-14)12-21/h14-17H,2-13H2,1H3,(H,22,24)/t14?,15?,16?,17-,21?/m0/s1. The first kappa shape index (κ1) is 18.8. The zero-order chi connectivity index (χ0) is 19.0. The molecule has 0 radical (unpaired) electrons. The lowest BCUT2D eigenvalue weighted by Crippen LogP contribution is -2.56. The lowest BCUT2D eigenvalue weighted by atomic mass is 9.49. The first-order valence-electron chi connectivity index (χ1n) is 10.7. The number of nitrogens with zero attached hydrogens (tertiary/aromatic N) is 1. The van der Waals surface area contributed by atoms with Gasteiger partial charge in [-0.2, -0.15) is 0 Å². The van der Waals surface area contributed by atoms with E-state index in [-0.39, 0.29) is 23.8 Å². The Morgan fingerprint density at radius 1 is 1.07 bits per heavy atom. The zero-order valence-corrected chi connectivity index (χ0v) is 16.4. The van der Waals surface area contributed by atoms with Gasteiger partial charge in [0.05, 0.1) is 5.41 Å². The van der Waals surface area contributed by atoms with E-state index in [0.29, 0.717) is 37.3 Å². The van der Waals surface area contributed by atoms with Crippen LogP contribution >= 0.6 is 0 Å². The molecule has 0 aromatic rings. The number of carbonyl (C=O) groups excluding carboxylic acids is 3. The molecule has 1 aliphatic heterocycles. The average Bonchev–Trinajstić information content (AvgIpc) is 3.12. The summed E-state index contributed by atoms with van der Waals surface area (Å²) in [6.07, 6.45) is 9.24. The maximum Gasteiger partial charge on any atom is 0.329 e. The molecule has 0 aromatic heterocycles. The largest absolute Gasteiger partial charge is 0.454 e. The van der Waals surface area contributed by atoms with E-state index >= 15 is 0 Å². The fraction of sp³-hybridized carbons (Fsp3) is 0.857. The average molecular weight is 376 g/mol. The smallest absolute Gasteiger partial charge is 0.329 e. The van der Waals surface area contributed by atoms with Gasteiger partial charge < -0.3 is 15.0 Å². The minimum absolute atomic E-state index is 0.191. The Morgan fingerprint density at radius 3 is 2.30 bits per heavy atom. The van der Waals surface area contributed by atoms with Gasteiger partial charge in [0.25, 0.3) is 5.91 Å². The topological polar surface area (TPSA) is 75.7 Å². The number of hydrogen-bond donors (Lipinski definition) is 1. The van der Waals surface area contributed by atoms with E-state index in [1.165, 1.54) is 19.3 Å². The highest BCUT2D eigenvalue weighted by Gasteiger charge is 2.56. The summed E-state index contributed by atoms with van der Waals surface area (Å²) in [6, 6.07) is -0.510. The van der Waals surface area contributed by atoms with Crippen LogP contribution in [0, 0.1) is 23.2 Å². The van der Waals surface area contributed by atoms with E-state index in [0.717, 1.165) is 32.1 Å². The first-order valence-corrected chi connectivity index (χ1v) is 10.7. The van der Waals surface area contributed by atoms with Crippen molar-refractivity contribution in [3.8, 4) is 0 Å². The molecule has 0 spiro atoms. The molecule has 2 amide bonds. The summed E-state index contributed by atoms with van der Waals surface area (Å²) in [7, 11) is 0. The Morgan fingerprint density at radius 2 is 1.70 bits per heavy atom. The van der Waals surface area contributed by atoms with Crippen molar-refractivity contribution in [3.63, 3.8) is 0 Å². The Labute approximate surface area is 161 Å². The van der Waals surface area contributed by atoms with Crippen LogP contribution in [0.5, 0.6) is 0 Å². The van der Waals surface area contributed by atoms with Gasteiger partial charge in [-0.3, -0.25) is 9.59 Å². The number of esters is 1. The van der Waals surface area contributed by atoms with Crippen molar-refractivity contribution in [2.45, 2.75) is 70.8 Å². The second kappa shape index (κ2) is 7.44. The molecule has 27 heavy (non-hydrogen) atoms. The van der Waals surface area contributed by atoms with Gasteiger partial charge in [-0.25, -0.2) is 4.79 Å². The molecule has 5 aliphatic rings. The molecule has 0 unspecified atom stereocenters. The van der Waals surface area contributed by atoms with E-state index in [2.05, 4.69) is 5.32 Å². The number of ether oxygens (including phenoxy) is 1. The summed E-state index contributed by atoms with van der Waals surface area (Å²) in [5, 5.41) is 2.70.